The fourth-order valence-electron chi connectivity index (χ4n) is 3.35. The maximum Gasteiger partial charge on any atom is 0.128 e. The van der Waals surface area contributed by atoms with Gasteiger partial charge in [-0.1, -0.05) is 19.8 Å². The van der Waals surface area contributed by atoms with E-state index in [0.717, 1.165) is 11.7 Å². The molecule has 3 rings (SSSR count). The first kappa shape index (κ1) is 12.8. The molecule has 0 spiro atoms. The smallest absolute Gasteiger partial charge is 0.128 e. The first-order chi connectivity index (χ1) is 9.33. The third-order valence-electron chi connectivity index (χ3n) is 4.64. The molecule has 19 heavy (non-hydrogen) atoms. The molecule has 0 radical (unpaired) electrons. The van der Waals surface area contributed by atoms with Crippen molar-refractivity contribution >= 4 is 11.5 Å². The van der Waals surface area contributed by atoms with E-state index < -0.39 is 0 Å². The molecule has 0 amide bonds. The van der Waals surface area contributed by atoms with E-state index in [-0.39, 0.29) is 0 Å². The number of hydrogen-bond acceptors (Lipinski definition) is 3. The summed E-state index contributed by atoms with van der Waals surface area (Å²) in [7, 11) is 0. The van der Waals surface area contributed by atoms with Crippen LogP contribution in [0.15, 0.2) is 18.3 Å². The molecular weight excluding hydrogens is 234 g/mol. The molecule has 1 aromatic heterocycles. The van der Waals surface area contributed by atoms with E-state index in [9.17, 15) is 0 Å². The lowest BCUT2D eigenvalue weighted by Crippen LogP contribution is -2.30. The van der Waals surface area contributed by atoms with Crippen LogP contribution < -0.4 is 10.2 Å². The van der Waals surface area contributed by atoms with Gasteiger partial charge in [0, 0.05) is 19.1 Å². The Morgan fingerprint density at radius 3 is 2.58 bits per heavy atom. The van der Waals surface area contributed by atoms with Crippen LogP contribution in [0.3, 0.4) is 0 Å². The van der Waals surface area contributed by atoms with Gasteiger partial charge in [0.25, 0.3) is 0 Å². The van der Waals surface area contributed by atoms with Crippen molar-refractivity contribution in [1.82, 2.24) is 4.98 Å². The van der Waals surface area contributed by atoms with Gasteiger partial charge in [0.05, 0.1) is 11.9 Å². The predicted molar refractivity (Wildman–Crippen MR) is 80.7 cm³/mol. The van der Waals surface area contributed by atoms with E-state index in [1.807, 2.05) is 6.20 Å². The number of anilines is 2. The van der Waals surface area contributed by atoms with Crippen molar-refractivity contribution in [3.63, 3.8) is 0 Å². The summed E-state index contributed by atoms with van der Waals surface area (Å²) >= 11 is 0. The van der Waals surface area contributed by atoms with Crippen LogP contribution in [0.2, 0.25) is 0 Å². The largest absolute Gasteiger partial charge is 0.381 e. The molecule has 0 bridgehead atoms. The van der Waals surface area contributed by atoms with Crippen molar-refractivity contribution in [2.75, 3.05) is 23.3 Å². The number of hydrogen-bond donors (Lipinski definition) is 1. The Morgan fingerprint density at radius 1 is 1.11 bits per heavy atom. The van der Waals surface area contributed by atoms with Gasteiger partial charge < -0.3 is 10.2 Å². The summed E-state index contributed by atoms with van der Waals surface area (Å²) in [6, 6.07) is 5.00. The van der Waals surface area contributed by atoms with Crippen LogP contribution in [0.4, 0.5) is 11.5 Å². The van der Waals surface area contributed by atoms with Crippen molar-refractivity contribution < 1.29 is 0 Å². The molecule has 1 N–H and O–H groups in total. The zero-order valence-corrected chi connectivity index (χ0v) is 11.9. The monoisotopic (exact) mass is 259 g/mol. The second-order valence-corrected chi connectivity index (χ2v) is 6.11. The van der Waals surface area contributed by atoms with Crippen LogP contribution in [0, 0.1) is 5.92 Å². The second-order valence-electron chi connectivity index (χ2n) is 6.11. The minimum Gasteiger partial charge on any atom is -0.381 e. The highest BCUT2D eigenvalue weighted by Gasteiger charge is 2.21. The van der Waals surface area contributed by atoms with Gasteiger partial charge in [-0.3, -0.25) is 0 Å². The third kappa shape index (κ3) is 3.02. The molecule has 1 aliphatic carbocycles. The van der Waals surface area contributed by atoms with Gasteiger partial charge >= 0.3 is 0 Å². The van der Waals surface area contributed by atoms with Crippen molar-refractivity contribution in [2.24, 2.45) is 5.92 Å². The van der Waals surface area contributed by atoms with Gasteiger partial charge in [-0.2, -0.15) is 0 Å². The molecule has 2 unspecified atom stereocenters. The minimum atomic E-state index is 0.633. The molecule has 1 aliphatic heterocycles. The summed E-state index contributed by atoms with van der Waals surface area (Å²) in [6.07, 6.45) is 10.0. The van der Waals surface area contributed by atoms with Crippen LogP contribution >= 0.6 is 0 Å². The molecule has 1 saturated heterocycles. The fraction of sp³-hybridized carbons (Fsp3) is 0.688. The first-order valence-corrected chi connectivity index (χ1v) is 7.80. The van der Waals surface area contributed by atoms with Gasteiger partial charge in [-0.15, -0.1) is 0 Å². The Hall–Kier alpha value is -1.25. The highest BCUT2D eigenvalue weighted by atomic mass is 15.2. The first-order valence-electron chi connectivity index (χ1n) is 7.80. The van der Waals surface area contributed by atoms with Crippen molar-refractivity contribution in [1.29, 1.82) is 0 Å². The Labute approximate surface area is 116 Å². The summed E-state index contributed by atoms with van der Waals surface area (Å²) in [4.78, 5) is 7.00. The van der Waals surface area contributed by atoms with Crippen LogP contribution in [-0.4, -0.2) is 24.1 Å². The van der Waals surface area contributed by atoms with Gasteiger partial charge in [0.1, 0.15) is 5.82 Å². The van der Waals surface area contributed by atoms with Crippen LogP contribution in [-0.2, 0) is 0 Å². The summed E-state index contributed by atoms with van der Waals surface area (Å²) in [5, 5.41) is 3.67. The second kappa shape index (κ2) is 5.81. The average Bonchev–Trinajstić information content (AvgIpc) is 2.96. The SMILES string of the molecule is CC1CCCCC1Nc1ccc(N2CCCC2)nc1. The van der Waals surface area contributed by atoms with E-state index in [0.29, 0.717) is 6.04 Å². The fourth-order valence-corrected chi connectivity index (χ4v) is 3.35. The number of nitrogens with one attached hydrogen (secondary N) is 1. The number of pyridine rings is 1. The molecule has 2 heterocycles. The highest BCUT2D eigenvalue weighted by Crippen LogP contribution is 2.27. The predicted octanol–water partition coefficient (Wildman–Crippen LogP) is 3.67. The number of rotatable bonds is 3. The van der Waals surface area contributed by atoms with Crippen molar-refractivity contribution in [3.05, 3.63) is 18.3 Å². The zero-order valence-electron chi connectivity index (χ0n) is 11.9. The maximum absolute atomic E-state index is 4.61. The highest BCUT2D eigenvalue weighted by molar-refractivity contribution is 5.49. The molecule has 3 nitrogen and oxygen atoms in total. The molecule has 2 atom stereocenters. The van der Waals surface area contributed by atoms with Crippen molar-refractivity contribution in [3.8, 4) is 0 Å². The number of aromatic nitrogens is 1. The molecule has 1 saturated carbocycles. The Morgan fingerprint density at radius 2 is 1.89 bits per heavy atom. The van der Waals surface area contributed by atoms with Gasteiger partial charge in [0.2, 0.25) is 0 Å². The standard InChI is InChI=1S/C16H25N3/c1-13-6-2-3-7-15(13)18-14-8-9-16(17-12-14)19-10-4-5-11-19/h8-9,12-13,15,18H,2-7,10-11H2,1H3. The molecule has 2 fully saturated rings. The molecular formula is C16H25N3. The minimum absolute atomic E-state index is 0.633. The lowest BCUT2D eigenvalue weighted by molar-refractivity contribution is 0.349. The van der Waals surface area contributed by atoms with Crippen molar-refractivity contribution in [2.45, 2.75) is 51.5 Å². The number of nitrogens with zero attached hydrogens (tertiary/aromatic N) is 2. The molecule has 3 heteroatoms. The maximum atomic E-state index is 4.61. The topological polar surface area (TPSA) is 28.2 Å². The van der Waals surface area contributed by atoms with E-state index in [2.05, 4.69) is 34.3 Å². The molecule has 1 aromatic rings. The molecule has 104 valence electrons. The average molecular weight is 259 g/mol. The van der Waals surface area contributed by atoms with Gasteiger partial charge in [-0.05, 0) is 43.7 Å². The summed E-state index contributed by atoms with van der Waals surface area (Å²) < 4.78 is 0. The Bertz CT molecular complexity index is 395. The normalized spacial score (nSPS) is 27.5. The lowest BCUT2D eigenvalue weighted by Gasteiger charge is -2.30. The van der Waals surface area contributed by atoms with Crippen LogP contribution in [0.25, 0.3) is 0 Å². The van der Waals surface area contributed by atoms with Crippen LogP contribution in [0.5, 0.6) is 0 Å². The van der Waals surface area contributed by atoms with E-state index in [1.165, 1.54) is 57.3 Å². The quantitative estimate of drug-likeness (QED) is 0.897. The van der Waals surface area contributed by atoms with E-state index >= 15 is 0 Å². The Balaban J connectivity index is 1.62. The molecule has 2 aliphatic rings. The third-order valence-corrected chi connectivity index (χ3v) is 4.64. The Kier molecular flexibility index (Phi) is 3.90. The van der Waals surface area contributed by atoms with E-state index in [1.54, 1.807) is 0 Å². The summed E-state index contributed by atoms with van der Waals surface area (Å²) in [5.74, 6) is 1.92. The van der Waals surface area contributed by atoms with Gasteiger partial charge in [-0.25, -0.2) is 4.98 Å². The van der Waals surface area contributed by atoms with E-state index in [4.69, 9.17) is 0 Å². The van der Waals surface area contributed by atoms with Crippen LogP contribution in [0.1, 0.15) is 45.4 Å². The summed E-state index contributed by atoms with van der Waals surface area (Å²) in [5.41, 5.74) is 1.18. The summed E-state index contributed by atoms with van der Waals surface area (Å²) in [6.45, 7) is 4.70. The molecule has 0 aromatic carbocycles. The lowest BCUT2D eigenvalue weighted by atomic mass is 9.86. The zero-order chi connectivity index (χ0) is 13.1. The van der Waals surface area contributed by atoms with Gasteiger partial charge in [0.15, 0.2) is 0 Å².